The molecule has 0 aliphatic carbocycles. The first-order valence-corrected chi connectivity index (χ1v) is 9.74. The van der Waals surface area contributed by atoms with Gasteiger partial charge in [-0.1, -0.05) is 34.1 Å². The van der Waals surface area contributed by atoms with Gasteiger partial charge in [-0.3, -0.25) is 4.55 Å². The molecule has 3 rings (SSSR count). The third kappa shape index (κ3) is 4.23. The van der Waals surface area contributed by atoms with Crippen LogP contribution in [0.15, 0.2) is 57.7 Å². The molecule has 0 bridgehead atoms. The highest BCUT2D eigenvalue weighted by Gasteiger charge is 2.23. The van der Waals surface area contributed by atoms with Gasteiger partial charge in [-0.05, 0) is 54.7 Å². The SMILES string of the molecule is O=S(=O)(O)C(CCc1ccc2ocnc2c1)Cc1ccc(Br)cc1. The van der Waals surface area contributed by atoms with Gasteiger partial charge in [0.1, 0.15) is 5.52 Å². The first kappa shape index (κ1) is 17.1. The van der Waals surface area contributed by atoms with Crippen molar-refractivity contribution in [3.8, 4) is 0 Å². The Morgan fingerprint density at radius 2 is 1.83 bits per heavy atom. The van der Waals surface area contributed by atoms with Crippen molar-refractivity contribution in [2.75, 3.05) is 0 Å². The number of hydrogen-bond acceptors (Lipinski definition) is 4. The van der Waals surface area contributed by atoms with E-state index in [-0.39, 0.29) is 6.42 Å². The number of oxazole rings is 1. The smallest absolute Gasteiger partial charge is 0.268 e. The van der Waals surface area contributed by atoms with E-state index < -0.39 is 15.4 Å². The number of halogens is 1. The van der Waals surface area contributed by atoms with Crippen molar-refractivity contribution < 1.29 is 17.4 Å². The van der Waals surface area contributed by atoms with Gasteiger partial charge in [0.25, 0.3) is 10.1 Å². The molecule has 7 heteroatoms. The molecular formula is C17H16BrNO4S. The minimum absolute atomic E-state index is 0.276. The number of benzene rings is 2. The topological polar surface area (TPSA) is 80.4 Å². The van der Waals surface area contributed by atoms with Crippen LogP contribution < -0.4 is 0 Å². The van der Waals surface area contributed by atoms with Crippen molar-refractivity contribution in [1.82, 2.24) is 4.98 Å². The first-order chi connectivity index (χ1) is 11.4. The highest BCUT2D eigenvalue weighted by atomic mass is 79.9. The van der Waals surface area contributed by atoms with Crippen LogP contribution in [0, 0.1) is 0 Å². The summed E-state index contributed by atoms with van der Waals surface area (Å²) in [5, 5.41) is -0.841. The van der Waals surface area contributed by atoms with Crippen LogP contribution in [0.2, 0.25) is 0 Å². The molecule has 1 atom stereocenters. The molecule has 5 nitrogen and oxygen atoms in total. The summed E-state index contributed by atoms with van der Waals surface area (Å²) in [6.45, 7) is 0. The van der Waals surface area contributed by atoms with Gasteiger partial charge in [-0.2, -0.15) is 8.42 Å². The molecule has 24 heavy (non-hydrogen) atoms. The second kappa shape index (κ2) is 7.04. The molecular weight excluding hydrogens is 394 g/mol. The monoisotopic (exact) mass is 409 g/mol. The Bertz CT molecular complexity index is 935. The number of rotatable bonds is 6. The maximum absolute atomic E-state index is 11.7. The van der Waals surface area contributed by atoms with E-state index in [4.69, 9.17) is 4.42 Å². The molecule has 0 spiro atoms. The van der Waals surface area contributed by atoms with Crippen LogP contribution in [0.4, 0.5) is 0 Å². The summed E-state index contributed by atoms with van der Waals surface area (Å²) >= 11 is 3.35. The van der Waals surface area contributed by atoms with Crippen molar-refractivity contribution >= 4 is 37.1 Å². The van der Waals surface area contributed by atoms with Gasteiger partial charge >= 0.3 is 0 Å². The zero-order valence-corrected chi connectivity index (χ0v) is 15.1. The summed E-state index contributed by atoms with van der Waals surface area (Å²) in [5.74, 6) is 0. The Labute approximate surface area is 148 Å². The molecule has 0 amide bonds. The molecule has 0 aliphatic rings. The highest BCUT2D eigenvalue weighted by Crippen LogP contribution is 2.20. The summed E-state index contributed by atoms with van der Waals surface area (Å²) in [6, 6.07) is 13.0. The van der Waals surface area contributed by atoms with Crippen LogP contribution in [0.1, 0.15) is 17.5 Å². The van der Waals surface area contributed by atoms with E-state index in [0.717, 1.165) is 21.1 Å². The van der Waals surface area contributed by atoms with Gasteiger partial charge in [-0.25, -0.2) is 4.98 Å². The zero-order chi connectivity index (χ0) is 17.2. The Morgan fingerprint density at radius 1 is 1.12 bits per heavy atom. The predicted molar refractivity (Wildman–Crippen MR) is 95.5 cm³/mol. The molecule has 2 aromatic carbocycles. The molecule has 1 aromatic heterocycles. The van der Waals surface area contributed by atoms with Crippen LogP contribution in [0.5, 0.6) is 0 Å². The lowest BCUT2D eigenvalue weighted by Gasteiger charge is -2.14. The normalized spacial score (nSPS) is 13.2. The molecule has 1 heterocycles. The van der Waals surface area contributed by atoms with Crippen LogP contribution in [0.3, 0.4) is 0 Å². The van der Waals surface area contributed by atoms with Gasteiger partial charge in [0, 0.05) is 4.47 Å². The maximum Gasteiger partial charge on any atom is 0.268 e. The molecule has 3 aromatic rings. The van der Waals surface area contributed by atoms with Crippen molar-refractivity contribution in [2.24, 2.45) is 0 Å². The van der Waals surface area contributed by atoms with E-state index in [0.29, 0.717) is 18.4 Å². The van der Waals surface area contributed by atoms with Crippen molar-refractivity contribution in [3.63, 3.8) is 0 Å². The quantitative estimate of drug-likeness (QED) is 0.621. The Kier molecular flexibility index (Phi) is 5.03. The van der Waals surface area contributed by atoms with E-state index in [1.807, 2.05) is 42.5 Å². The molecule has 0 saturated heterocycles. The van der Waals surface area contributed by atoms with Crippen molar-refractivity contribution in [2.45, 2.75) is 24.5 Å². The second-order valence-electron chi connectivity index (χ2n) is 5.66. The minimum Gasteiger partial charge on any atom is -0.443 e. The summed E-state index contributed by atoms with van der Waals surface area (Å²) in [6.07, 6.45) is 2.52. The molecule has 1 N–H and O–H groups in total. The van der Waals surface area contributed by atoms with E-state index in [1.54, 1.807) is 0 Å². The number of aryl methyl sites for hydroxylation is 1. The van der Waals surface area contributed by atoms with Gasteiger partial charge in [0.15, 0.2) is 12.0 Å². The molecule has 0 saturated carbocycles. The van der Waals surface area contributed by atoms with E-state index >= 15 is 0 Å². The van der Waals surface area contributed by atoms with Crippen LogP contribution >= 0.6 is 15.9 Å². The standard InChI is InChI=1S/C17H16BrNO4S/c18-14-5-1-12(2-6-14)9-15(24(20,21)22)7-3-13-4-8-17-16(10-13)19-11-23-17/h1-2,4-6,8,10-11,15H,3,7,9H2,(H,20,21,22). The largest absolute Gasteiger partial charge is 0.443 e. The van der Waals surface area contributed by atoms with Crippen molar-refractivity contribution in [1.29, 1.82) is 0 Å². The van der Waals surface area contributed by atoms with Crippen LogP contribution in [0.25, 0.3) is 11.1 Å². The fourth-order valence-electron chi connectivity index (χ4n) is 2.63. The average Bonchev–Trinajstić information content (AvgIpc) is 2.99. The number of aromatic nitrogens is 1. The molecule has 126 valence electrons. The molecule has 1 unspecified atom stereocenters. The lowest BCUT2D eigenvalue weighted by molar-refractivity contribution is 0.460. The summed E-state index contributed by atoms with van der Waals surface area (Å²) in [7, 11) is -4.12. The van der Waals surface area contributed by atoms with Crippen LogP contribution in [-0.4, -0.2) is 23.2 Å². The lowest BCUT2D eigenvalue weighted by atomic mass is 10.0. The Hall–Kier alpha value is -1.70. The summed E-state index contributed by atoms with van der Waals surface area (Å²) in [5.41, 5.74) is 3.26. The predicted octanol–water partition coefficient (Wildman–Crippen LogP) is 4.02. The first-order valence-electron chi connectivity index (χ1n) is 7.45. The molecule has 0 radical (unpaired) electrons. The number of fused-ring (bicyclic) bond motifs is 1. The summed E-state index contributed by atoms with van der Waals surface area (Å²) < 4.78 is 39.1. The fourth-order valence-corrected chi connectivity index (χ4v) is 3.71. The van der Waals surface area contributed by atoms with Gasteiger partial charge in [0.2, 0.25) is 0 Å². The number of nitrogens with zero attached hydrogens (tertiary/aromatic N) is 1. The highest BCUT2D eigenvalue weighted by molar-refractivity contribution is 9.10. The third-order valence-corrected chi connectivity index (χ3v) is 5.72. The zero-order valence-electron chi connectivity index (χ0n) is 12.7. The lowest BCUT2D eigenvalue weighted by Crippen LogP contribution is -2.24. The average molecular weight is 410 g/mol. The fraction of sp³-hybridized carbons (Fsp3) is 0.235. The van der Waals surface area contributed by atoms with E-state index in [9.17, 15) is 13.0 Å². The minimum atomic E-state index is -4.12. The maximum atomic E-state index is 11.7. The van der Waals surface area contributed by atoms with Gasteiger partial charge in [-0.15, -0.1) is 0 Å². The molecule has 0 fully saturated rings. The summed E-state index contributed by atoms with van der Waals surface area (Å²) in [4.78, 5) is 4.09. The van der Waals surface area contributed by atoms with E-state index in [2.05, 4.69) is 20.9 Å². The number of hydrogen-bond donors (Lipinski definition) is 1. The van der Waals surface area contributed by atoms with Crippen LogP contribution in [-0.2, 0) is 23.0 Å². The van der Waals surface area contributed by atoms with Crippen molar-refractivity contribution in [3.05, 3.63) is 64.5 Å². The third-order valence-electron chi connectivity index (χ3n) is 3.95. The van der Waals surface area contributed by atoms with E-state index in [1.165, 1.54) is 6.39 Å². The van der Waals surface area contributed by atoms with Gasteiger partial charge in [0.05, 0.1) is 5.25 Å². The Morgan fingerprint density at radius 3 is 2.54 bits per heavy atom. The van der Waals surface area contributed by atoms with Gasteiger partial charge < -0.3 is 4.42 Å². The Balaban J connectivity index is 1.73. The second-order valence-corrected chi connectivity index (χ2v) is 8.27. The molecule has 0 aliphatic heterocycles.